The van der Waals surface area contributed by atoms with Gasteiger partial charge >= 0.3 is 0 Å². The van der Waals surface area contributed by atoms with Crippen molar-refractivity contribution in [3.8, 4) is 0 Å². The van der Waals surface area contributed by atoms with Crippen molar-refractivity contribution < 1.29 is 4.43 Å². The van der Waals surface area contributed by atoms with Crippen LogP contribution in [0.4, 0.5) is 0 Å². The topological polar surface area (TPSA) is 9.23 Å². The van der Waals surface area contributed by atoms with Gasteiger partial charge in [-0.1, -0.05) is 61.0 Å². The Bertz CT molecular complexity index is 601. The number of fused-ring (bicyclic) bond motifs is 1. The molecule has 2 aromatic rings. The number of rotatable bonds is 3. The Morgan fingerprint density at radius 1 is 1.10 bits per heavy atom. The predicted molar refractivity (Wildman–Crippen MR) is 93.8 cm³/mol. The van der Waals surface area contributed by atoms with Crippen molar-refractivity contribution in [3.05, 3.63) is 46.4 Å². The molecule has 0 heterocycles. The molecule has 0 fully saturated rings. The van der Waals surface area contributed by atoms with E-state index in [4.69, 9.17) is 4.43 Å². The molecule has 1 nitrogen and oxygen atoms in total. The van der Waals surface area contributed by atoms with Gasteiger partial charge in [0.1, 0.15) is 0 Å². The van der Waals surface area contributed by atoms with Crippen LogP contribution in [0.15, 0.2) is 40.9 Å². The van der Waals surface area contributed by atoms with Crippen LogP contribution in [0.5, 0.6) is 0 Å². The number of halogens is 1. The molecular weight excluding hydrogens is 328 g/mol. The van der Waals surface area contributed by atoms with Gasteiger partial charge in [-0.25, -0.2) is 0 Å². The van der Waals surface area contributed by atoms with Crippen molar-refractivity contribution >= 4 is 35.7 Å². The minimum Gasteiger partial charge on any atom is -0.413 e. The zero-order chi connectivity index (χ0) is 14.9. The van der Waals surface area contributed by atoms with E-state index >= 15 is 0 Å². The summed E-state index contributed by atoms with van der Waals surface area (Å²) < 4.78 is 7.50. The summed E-state index contributed by atoms with van der Waals surface area (Å²) in [6.45, 7) is 11.2. The molecule has 0 aliphatic carbocycles. The van der Waals surface area contributed by atoms with Crippen molar-refractivity contribution in [2.24, 2.45) is 5.41 Å². The van der Waals surface area contributed by atoms with Gasteiger partial charge in [0.05, 0.1) is 6.10 Å². The molecule has 0 aromatic heterocycles. The first-order valence-electron chi connectivity index (χ1n) is 7.12. The summed E-state index contributed by atoms with van der Waals surface area (Å²) in [4.78, 5) is 0. The zero-order valence-electron chi connectivity index (χ0n) is 12.9. The first kappa shape index (κ1) is 15.7. The zero-order valence-corrected chi connectivity index (χ0v) is 15.6. The maximum atomic E-state index is 6.38. The molecule has 1 unspecified atom stereocenters. The molecule has 0 spiro atoms. The Balaban J connectivity index is 2.63. The number of benzene rings is 2. The fourth-order valence-corrected chi connectivity index (χ4v) is 4.13. The largest absolute Gasteiger partial charge is 0.413 e. The van der Waals surface area contributed by atoms with Gasteiger partial charge in [-0.2, -0.15) is 0 Å². The van der Waals surface area contributed by atoms with E-state index in [9.17, 15) is 0 Å². The number of hydrogen-bond donors (Lipinski definition) is 0. The van der Waals surface area contributed by atoms with Gasteiger partial charge in [0.25, 0.3) is 0 Å². The van der Waals surface area contributed by atoms with Gasteiger partial charge in [0.15, 0.2) is 9.04 Å². The summed E-state index contributed by atoms with van der Waals surface area (Å²) in [7, 11) is -1.11. The van der Waals surface area contributed by atoms with Crippen LogP contribution in [0.2, 0.25) is 13.1 Å². The highest BCUT2D eigenvalue weighted by atomic mass is 79.9. The second-order valence-electron chi connectivity index (χ2n) is 6.65. The average molecular weight is 351 g/mol. The summed E-state index contributed by atoms with van der Waals surface area (Å²) in [5.41, 5.74) is 1.38. The van der Waals surface area contributed by atoms with E-state index in [2.05, 4.69) is 86.2 Å². The van der Waals surface area contributed by atoms with Crippen LogP contribution in [0.25, 0.3) is 10.8 Å². The van der Waals surface area contributed by atoms with E-state index in [1.807, 2.05) is 0 Å². The van der Waals surface area contributed by atoms with E-state index in [0.717, 1.165) is 4.47 Å². The van der Waals surface area contributed by atoms with Gasteiger partial charge in [0.2, 0.25) is 0 Å². The van der Waals surface area contributed by atoms with Crippen molar-refractivity contribution in [1.29, 1.82) is 0 Å². The standard InChI is InChI=1S/C17H23BrOSi/c1-17(2,3)16(19-20(4)5)15-11-13(18)10-12-8-6-7-9-14(12)15/h6-11,16,20H,1-5H3. The van der Waals surface area contributed by atoms with E-state index < -0.39 is 9.04 Å². The normalized spacial score (nSPS) is 13.9. The number of hydrogen-bond acceptors (Lipinski definition) is 1. The monoisotopic (exact) mass is 350 g/mol. The van der Waals surface area contributed by atoms with E-state index in [1.165, 1.54) is 16.3 Å². The highest BCUT2D eigenvalue weighted by Crippen LogP contribution is 2.40. The van der Waals surface area contributed by atoms with Crippen LogP contribution in [-0.2, 0) is 4.43 Å². The summed E-state index contributed by atoms with van der Waals surface area (Å²) in [6.07, 6.45) is 0.136. The van der Waals surface area contributed by atoms with Crippen molar-refractivity contribution in [1.82, 2.24) is 0 Å². The highest BCUT2D eigenvalue weighted by molar-refractivity contribution is 9.10. The second-order valence-corrected chi connectivity index (χ2v) is 9.93. The van der Waals surface area contributed by atoms with E-state index in [0.29, 0.717) is 0 Å². The van der Waals surface area contributed by atoms with Gasteiger partial charge in [0, 0.05) is 4.47 Å². The maximum Gasteiger partial charge on any atom is 0.171 e. The van der Waals surface area contributed by atoms with Crippen LogP contribution in [0.1, 0.15) is 32.4 Å². The molecule has 0 saturated heterocycles. The lowest BCUT2D eigenvalue weighted by Gasteiger charge is -2.34. The van der Waals surface area contributed by atoms with Gasteiger partial charge < -0.3 is 4.43 Å². The van der Waals surface area contributed by atoms with Crippen LogP contribution in [0, 0.1) is 5.41 Å². The summed E-state index contributed by atoms with van der Waals surface area (Å²) >= 11 is 3.64. The Labute approximate surface area is 132 Å². The lowest BCUT2D eigenvalue weighted by Crippen LogP contribution is -2.26. The molecule has 2 rings (SSSR count). The average Bonchev–Trinajstić information content (AvgIpc) is 2.33. The maximum absolute atomic E-state index is 6.38. The Morgan fingerprint density at radius 2 is 1.75 bits per heavy atom. The molecule has 0 radical (unpaired) electrons. The van der Waals surface area contributed by atoms with Crippen LogP contribution >= 0.6 is 15.9 Å². The predicted octanol–water partition coefficient (Wildman–Crippen LogP) is 5.69. The van der Waals surface area contributed by atoms with Gasteiger partial charge in [-0.15, -0.1) is 0 Å². The Kier molecular flexibility index (Phi) is 4.72. The molecule has 0 aliphatic heterocycles. The van der Waals surface area contributed by atoms with E-state index in [-0.39, 0.29) is 11.5 Å². The molecule has 108 valence electrons. The minimum absolute atomic E-state index is 0.0842. The third kappa shape index (κ3) is 3.51. The fourth-order valence-electron chi connectivity index (χ4n) is 2.54. The molecule has 0 saturated carbocycles. The lowest BCUT2D eigenvalue weighted by molar-refractivity contribution is 0.0878. The molecular formula is C17H23BrOSi. The third-order valence-electron chi connectivity index (χ3n) is 3.34. The lowest BCUT2D eigenvalue weighted by atomic mass is 9.83. The quantitative estimate of drug-likeness (QED) is 0.646. The van der Waals surface area contributed by atoms with E-state index in [1.54, 1.807) is 0 Å². The summed E-state index contributed by atoms with van der Waals surface area (Å²) in [6, 6.07) is 12.9. The highest BCUT2D eigenvalue weighted by Gasteiger charge is 2.29. The summed E-state index contributed by atoms with van der Waals surface area (Å²) in [5.74, 6) is 0. The molecule has 0 aliphatic rings. The Hall–Kier alpha value is -0.643. The van der Waals surface area contributed by atoms with Gasteiger partial charge in [-0.05, 0) is 47.0 Å². The minimum atomic E-state index is -1.11. The molecule has 20 heavy (non-hydrogen) atoms. The fraction of sp³-hybridized carbons (Fsp3) is 0.412. The second kappa shape index (κ2) is 6.00. The molecule has 0 bridgehead atoms. The molecule has 0 amide bonds. The van der Waals surface area contributed by atoms with Crippen LogP contribution in [0.3, 0.4) is 0 Å². The first-order chi connectivity index (χ1) is 9.29. The van der Waals surface area contributed by atoms with Crippen LogP contribution in [-0.4, -0.2) is 9.04 Å². The SMILES string of the molecule is C[SiH](C)OC(c1cc(Br)cc2ccccc12)C(C)(C)C. The van der Waals surface area contributed by atoms with Crippen LogP contribution < -0.4 is 0 Å². The molecule has 3 heteroatoms. The third-order valence-corrected chi connectivity index (χ3v) is 4.61. The molecule has 1 atom stereocenters. The summed E-state index contributed by atoms with van der Waals surface area (Å²) in [5, 5.41) is 2.56. The smallest absolute Gasteiger partial charge is 0.171 e. The van der Waals surface area contributed by atoms with Crippen molar-refractivity contribution in [2.75, 3.05) is 0 Å². The molecule has 0 N–H and O–H groups in total. The van der Waals surface area contributed by atoms with Gasteiger partial charge in [-0.3, -0.25) is 0 Å². The Morgan fingerprint density at radius 3 is 2.35 bits per heavy atom. The first-order valence-corrected chi connectivity index (χ1v) is 10.7. The molecule has 2 aromatic carbocycles. The van der Waals surface area contributed by atoms with Crippen molar-refractivity contribution in [2.45, 2.75) is 40.0 Å². The van der Waals surface area contributed by atoms with Crippen molar-refractivity contribution in [3.63, 3.8) is 0 Å².